The minimum absolute atomic E-state index is 0.0216. The predicted octanol–water partition coefficient (Wildman–Crippen LogP) is 4.84. The minimum Gasteiger partial charge on any atom is -0.497 e. The molecule has 0 radical (unpaired) electrons. The van der Waals surface area contributed by atoms with Gasteiger partial charge in [0.2, 0.25) is 15.9 Å². The van der Waals surface area contributed by atoms with E-state index >= 15 is 0 Å². The molecule has 1 unspecified atom stereocenters. The Kier molecular flexibility index (Phi) is 7.15. The highest BCUT2D eigenvalue weighted by molar-refractivity contribution is 7.89. The van der Waals surface area contributed by atoms with Crippen molar-refractivity contribution in [2.24, 2.45) is 0 Å². The molecule has 216 valence electrons. The van der Waals surface area contributed by atoms with Gasteiger partial charge in [0.15, 0.2) is 0 Å². The molecule has 2 aliphatic heterocycles. The number of rotatable bonds is 6. The molecular formula is C31H37N5O4S. The van der Waals surface area contributed by atoms with E-state index < -0.39 is 16.1 Å². The molecule has 9 nitrogen and oxygen atoms in total. The summed E-state index contributed by atoms with van der Waals surface area (Å²) >= 11 is 0. The van der Waals surface area contributed by atoms with E-state index in [0.717, 1.165) is 35.4 Å². The molecule has 2 aromatic carbocycles. The Hall–Kier alpha value is -3.63. The van der Waals surface area contributed by atoms with Crippen LogP contribution in [0.1, 0.15) is 59.4 Å². The summed E-state index contributed by atoms with van der Waals surface area (Å²) in [4.78, 5) is 24.2. The molecule has 1 atom stereocenters. The number of aryl methyl sites for hydroxylation is 3. The summed E-state index contributed by atoms with van der Waals surface area (Å²) in [6.07, 6.45) is 3.70. The van der Waals surface area contributed by atoms with Crippen molar-refractivity contribution in [1.82, 2.24) is 23.7 Å². The van der Waals surface area contributed by atoms with Crippen LogP contribution in [-0.4, -0.2) is 64.8 Å². The number of aromatic nitrogens is 3. The van der Waals surface area contributed by atoms with Gasteiger partial charge in [-0.05, 0) is 86.7 Å². The van der Waals surface area contributed by atoms with Crippen LogP contribution in [0, 0.1) is 20.8 Å². The zero-order chi connectivity index (χ0) is 28.9. The highest BCUT2D eigenvalue weighted by atomic mass is 32.2. The van der Waals surface area contributed by atoms with Gasteiger partial charge in [0.05, 0.1) is 29.1 Å². The number of sulfonamides is 1. The van der Waals surface area contributed by atoms with E-state index in [-0.39, 0.29) is 23.1 Å². The molecule has 0 bridgehead atoms. The van der Waals surface area contributed by atoms with E-state index in [1.54, 1.807) is 33.1 Å². The third kappa shape index (κ3) is 5.04. The molecule has 4 aromatic rings. The lowest BCUT2D eigenvalue weighted by molar-refractivity contribution is -0.133. The summed E-state index contributed by atoms with van der Waals surface area (Å²) in [6.45, 7) is 7.74. The van der Waals surface area contributed by atoms with Crippen LogP contribution in [-0.2, 0) is 21.4 Å². The molecule has 0 spiro atoms. The van der Waals surface area contributed by atoms with E-state index in [0.29, 0.717) is 43.1 Å². The van der Waals surface area contributed by atoms with Crippen molar-refractivity contribution in [3.63, 3.8) is 0 Å². The maximum absolute atomic E-state index is 14.2. The highest BCUT2D eigenvalue weighted by Gasteiger charge is 2.40. The summed E-state index contributed by atoms with van der Waals surface area (Å²) in [5.74, 6) is 1.84. The number of carbonyl (C=O) groups is 1. The Morgan fingerprint density at radius 1 is 1.02 bits per heavy atom. The summed E-state index contributed by atoms with van der Waals surface area (Å²) in [5, 5.41) is 0. The number of aromatic amines is 1. The van der Waals surface area contributed by atoms with Gasteiger partial charge in [-0.2, -0.15) is 4.31 Å². The standard InChI is InChI=1S/C31H37N5O4S/c1-20-7-8-25-26(16-20)33-31(32-25)23-9-12-35(13-10-23)29(37)19-28-27-6-5-11-34(27)14-15-36(28)41(38,39)30-21(2)17-24(40-4)18-22(30)3/h5-8,11,16-18,23,28H,9-10,12-15,19H2,1-4H3,(H,32,33). The highest BCUT2D eigenvalue weighted by Crippen LogP contribution is 2.38. The lowest BCUT2D eigenvalue weighted by atomic mass is 9.95. The van der Waals surface area contributed by atoms with Gasteiger partial charge in [-0.15, -0.1) is 0 Å². The molecule has 10 heteroatoms. The van der Waals surface area contributed by atoms with Crippen molar-refractivity contribution < 1.29 is 17.9 Å². The molecule has 2 aliphatic rings. The Labute approximate surface area is 241 Å². The number of ether oxygens (including phenoxy) is 1. The van der Waals surface area contributed by atoms with Crippen molar-refractivity contribution >= 4 is 27.0 Å². The normalized spacial score (nSPS) is 18.5. The second kappa shape index (κ2) is 10.6. The quantitative estimate of drug-likeness (QED) is 0.355. The fraction of sp³-hybridized carbons (Fsp3) is 0.419. The number of fused-ring (bicyclic) bond motifs is 2. The third-order valence-electron chi connectivity index (χ3n) is 8.61. The largest absolute Gasteiger partial charge is 0.497 e. The molecule has 0 aliphatic carbocycles. The minimum atomic E-state index is -3.87. The van der Waals surface area contributed by atoms with E-state index in [1.165, 1.54) is 9.87 Å². The number of likely N-dealkylation sites (tertiary alicyclic amines) is 1. The second-order valence-corrected chi connectivity index (χ2v) is 13.2. The number of hydrogen-bond acceptors (Lipinski definition) is 5. The maximum atomic E-state index is 14.2. The third-order valence-corrected chi connectivity index (χ3v) is 10.8. The number of nitrogens with zero attached hydrogens (tertiary/aromatic N) is 4. The first kappa shape index (κ1) is 27.5. The van der Waals surface area contributed by atoms with Crippen molar-refractivity contribution in [2.75, 3.05) is 26.7 Å². The van der Waals surface area contributed by atoms with E-state index in [9.17, 15) is 13.2 Å². The number of benzene rings is 2. The Morgan fingerprint density at radius 3 is 2.46 bits per heavy atom. The average molecular weight is 576 g/mol. The van der Waals surface area contributed by atoms with Crippen LogP contribution in [0.2, 0.25) is 0 Å². The molecule has 1 saturated heterocycles. The topological polar surface area (TPSA) is 101 Å². The van der Waals surface area contributed by atoms with Crippen LogP contribution in [0.5, 0.6) is 5.75 Å². The van der Waals surface area contributed by atoms with Crippen molar-refractivity contribution in [2.45, 2.75) is 63.4 Å². The number of carbonyl (C=O) groups excluding carboxylic acids is 1. The monoisotopic (exact) mass is 575 g/mol. The number of piperidine rings is 1. The van der Waals surface area contributed by atoms with Crippen LogP contribution in [0.15, 0.2) is 53.6 Å². The first-order chi connectivity index (χ1) is 19.7. The molecule has 6 rings (SSSR count). The van der Waals surface area contributed by atoms with E-state index in [1.807, 2.05) is 23.2 Å². The molecule has 1 N–H and O–H groups in total. The van der Waals surface area contributed by atoms with Crippen molar-refractivity contribution in [3.8, 4) is 5.75 Å². The number of nitrogens with one attached hydrogen (secondary N) is 1. The first-order valence-corrected chi connectivity index (χ1v) is 15.7. The first-order valence-electron chi connectivity index (χ1n) is 14.2. The van der Waals surface area contributed by atoms with E-state index in [2.05, 4.69) is 34.7 Å². The van der Waals surface area contributed by atoms with Crippen molar-refractivity contribution in [3.05, 3.63) is 76.9 Å². The second-order valence-electron chi connectivity index (χ2n) is 11.4. The molecule has 4 heterocycles. The van der Waals surface area contributed by atoms with Gasteiger partial charge in [0, 0.05) is 50.4 Å². The maximum Gasteiger partial charge on any atom is 0.244 e. The van der Waals surface area contributed by atoms with Crippen LogP contribution in [0.3, 0.4) is 0 Å². The number of H-pyrrole nitrogens is 1. The zero-order valence-electron chi connectivity index (χ0n) is 24.1. The Morgan fingerprint density at radius 2 is 1.76 bits per heavy atom. The summed E-state index contributed by atoms with van der Waals surface area (Å²) < 4.78 is 37.3. The molecule has 2 aromatic heterocycles. The zero-order valence-corrected chi connectivity index (χ0v) is 24.9. The van der Waals surface area contributed by atoms with Gasteiger partial charge in [-0.25, -0.2) is 13.4 Å². The smallest absolute Gasteiger partial charge is 0.244 e. The summed E-state index contributed by atoms with van der Waals surface area (Å²) in [7, 11) is -2.30. The van der Waals surface area contributed by atoms with Gasteiger partial charge in [0.25, 0.3) is 0 Å². The molecule has 1 amide bonds. The van der Waals surface area contributed by atoms with E-state index in [4.69, 9.17) is 9.72 Å². The SMILES string of the molecule is COc1cc(C)c(S(=O)(=O)N2CCn3cccc3C2CC(=O)N2CCC(c3nc4cc(C)ccc4[nH]3)CC2)c(C)c1. The lowest BCUT2D eigenvalue weighted by Gasteiger charge is -2.38. The van der Waals surface area contributed by atoms with Gasteiger partial charge < -0.3 is 19.2 Å². The fourth-order valence-electron chi connectivity index (χ4n) is 6.52. The molecule has 0 saturated carbocycles. The number of amides is 1. The average Bonchev–Trinajstić information content (AvgIpc) is 3.59. The van der Waals surface area contributed by atoms with Crippen LogP contribution >= 0.6 is 0 Å². The van der Waals surface area contributed by atoms with Gasteiger partial charge >= 0.3 is 0 Å². The summed E-state index contributed by atoms with van der Waals surface area (Å²) in [5.41, 5.74) is 5.31. The summed E-state index contributed by atoms with van der Waals surface area (Å²) in [6, 6.07) is 13.0. The predicted molar refractivity (Wildman–Crippen MR) is 158 cm³/mol. The van der Waals surface area contributed by atoms with Crippen LogP contribution in [0.25, 0.3) is 11.0 Å². The molecule has 41 heavy (non-hydrogen) atoms. The molecule has 1 fully saturated rings. The van der Waals surface area contributed by atoms with Crippen LogP contribution < -0.4 is 4.74 Å². The Balaban J connectivity index is 1.21. The van der Waals surface area contributed by atoms with Gasteiger partial charge in [0.1, 0.15) is 11.6 Å². The van der Waals surface area contributed by atoms with Gasteiger partial charge in [-0.1, -0.05) is 6.07 Å². The number of hydrogen-bond donors (Lipinski definition) is 1. The number of methoxy groups -OCH3 is 1. The van der Waals surface area contributed by atoms with Crippen LogP contribution in [0.4, 0.5) is 0 Å². The lowest BCUT2D eigenvalue weighted by Crippen LogP contribution is -2.45. The molecular weight excluding hydrogens is 538 g/mol. The van der Waals surface area contributed by atoms with Crippen molar-refractivity contribution in [1.29, 1.82) is 0 Å². The fourth-order valence-corrected chi connectivity index (χ4v) is 8.52. The van der Waals surface area contributed by atoms with Gasteiger partial charge in [-0.3, -0.25) is 4.79 Å². The number of imidazole rings is 1. The Bertz CT molecular complexity index is 1690.